The van der Waals surface area contributed by atoms with Crippen LogP contribution >= 0.6 is 0 Å². The zero-order valence-electron chi connectivity index (χ0n) is 24.6. The number of carboxylic acids is 1. The molecular weight excluding hydrogens is 478 g/mol. The third-order valence-corrected chi connectivity index (χ3v) is 12.2. The van der Waals surface area contributed by atoms with Gasteiger partial charge in [-0.05, 0) is 117 Å². The van der Waals surface area contributed by atoms with Crippen LogP contribution in [0.2, 0.25) is 0 Å². The smallest absolute Gasteiger partial charge is 0.308 e. The van der Waals surface area contributed by atoms with Gasteiger partial charge < -0.3 is 15.2 Å². The van der Waals surface area contributed by atoms with E-state index in [4.69, 9.17) is 9.84 Å². The SMILES string of the molecule is CCC(C)C(=O)OC1CC[C@@]2(C)C(CCC3C4CCC(C(C)CCC(=O)NCCC(=O)O)[C@@]4(C)CCC32)C1. The van der Waals surface area contributed by atoms with Crippen molar-refractivity contribution in [2.75, 3.05) is 6.54 Å². The second kappa shape index (κ2) is 11.9. The molecule has 0 bridgehead atoms. The van der Waals surface area contributed by atoms with Gasteiger partial charge in [-0.15, -0.1) is 0 Å². The van der Waals surface area contributed by atoms with Crippen molar-refractivity contribution in [1.29, 1.82) is 0 Å². The molecule has 10 atom stereocenters. The molecule has 216 valence electrons. The highest BCUT2D eigenvalue weighted by Gasteiger charge is 2.60. The first-order valence-electron chi connectivity index (χ1n) is 15.7. The summed E-state index contributed by atoms with van der Waals surface area (Å²) in [6.45, 7) is 11.7. The van der Waals surface area contributed by atoms with Gasteiger partial charge in [0.25, 0.3) is 0 Å². The second-order valence-electron chi connectivity index (χ2n) is 14.0. The average molecular weight is 532 g/mol. The Balaban J connectivity index is 1.34. The summed E-state index contributed by atoms with van der Waals surface area (Å²) in [5.74, 6) is 3.34. The van der Waals surface area contributed by atoms with Crippen molar-refractivity contribution in [3.05, 3.63) is 0 Å². The van der Waals surface area contributed by atoms with Crippen LogP contribution in [0.25, 0.3) is 0 Å². The Morgan fingerprint density at radius 3 is 2.37 bits per heavy atom. The van der Waals surface area contributed by atoms with E-state index in [0.29, 0.717) is 35.0 Å². The third-order valence-electron chi connectivity index (χ3n) is 12.2. The molecule has 1 amide bonds. The zero-order valence-corrected chi connectivity index (χ0v) is 24.6. The van der Waals surface area contributed by atoms with Crippen LogP contribution in [-0.2, 0) is 19.1 Å². The van der Waals surface area contributed by atoms with E-state index in [2.05, 4.69) is 33.0 Å². The highest BCUT2D eigenvalue weighted by molar-refractivity contribution is 5.76. The summed E-state index contributed by atoms with van der Waals surface area (Å²) in [6, 6.07) is 0. The van der Waals surface area contributed by atoms with E-state index in [1.54, 1.807) is 0 Å². The number of carboxylic acid groups (broad SMARTS) is 1. The molecule has 2 N–H and O–H groups in total. The molecule has 38 heavy (non-hydrogen) atoms. The molecule has 4 fully saturated rings. The Morgan fingerprint density at radius 2 is 1.66 bits per heavy atom. The predicted octanol–water partition coefficient (Wildman–Crippen LogP) is 6.61. The molecule has 6 heteroatoms. The van der Waals surface area contributed by atoms with Gasteiger partial charge in [-0.2, -0.15) is 0 Å². The molecule has 0 spiro atoms. The van der Waals surface area contributed by atoms with Crippen LogP contribution < -0.4 is 5.32 Å². The number of nitrogens with one attached hydrogen (secondary N) is 1. The van der Waals surface area contributed by atoms with Crippen molar-refractivity contribution in [2.24, 2.45) is 52.3 Å². The van der Waals surface area contributed by atoms with Gasteiger partial charge in [-0.25, -0.2) is 0 Å². The predicted molar refractivity (Wildman–Crippen MR) is 148 cm³/mol. The lowest BCUT2D eigenvalue weighted by atomic mass is 9.44. The highest BCUT2D eigenvalue weighted by atomic mass is 16.5. The van der Waals surface area contributed by atoms with Gasteiger partial charge >= 0.3 is 11.9 Å². The number of rotatable bonds is 10. The van der Waals surface area contributed by atoms with Gasteiger partial charge in [0.1, 0.15) is 6.10 Å². The van der Waals surface area contributed by atoms with Crippen molar-refractivity contribution < 1.29 is 24.2 Å². The minimum Gasteiger partial charge on any atom is -0.481 e. The number of esters is 1. The van der Waals surface area contributed by atoms with Gasteiger partial charge in [-0.1, -0.05) is 34.6 Å². The van der Waals surface area contributed by atoms with Gasteiger partial charge in [0, 0.05) is 13.0 Å². The zero-order chi connectivity index (χ0) is 27.7. The van der Waals surface area contributed by atoms with Crippen LogP contribution in [0.1, 0.15) is 118 Å². The number of amides is 1. The first-order valence-corrected chi connectivity index (χ1v) is 15.7. The Morgan fingerprint density at radius 1 is 0.947 bits per heavy atom. The molecule has 0 aromatic carbocycles. The largest absolute Gasteiger partial charge is 0.481 e. The van der Waals surface area contributed by atoms with E-state index in [-0.39, 0.29) is 36.9 Å². The number of fused-ring (bicyclic) bond motifs is 5. The van der Waals surface area contributed by atoms with Crippen LogP contribution in [0.4, 0.5) is 0 Å². The molecular formula is C32H53NO5. The number of carbonyl (C=O) groups is 3. The number of ether oxygens (including phenoxy) is 1. The van der Waals surface area contributed by atoms with E-state index in [9.17, 15) is 14.4 Å². The van der Waals surface area contributed by atoms with Gasteiger partial charge in [0.15, 0.2) is 0 Å². The number of carbonyl (C=O) groups excluding carboxylic acids is 2. The van der Waals surface area contributed by atoms with Gasteiger partial charge in [-0.3, -0.25) is 14.4 Å². The summed E-state index contributed by atoms with van der Waals surface area (Å²) in [7, 11) is 0. The summed E-state index contributed by atoms with van der Waals surface area (Å²) in [4.78, 5) is 35.4. The van der Waals surface area contributed by atoms with E-state index in [1.165, 1.54) is 44.9 Å². The van der Waals surface area contributed by atoms with Crippen molar-refractivity contribution in [3.8, 4) is 0 Å². The van der Waals surface area contributed by atoms with Crippen molar-refractivity contribution in [3.63, 3.8) is 0 Å². The summed E-state index contributed by atoms with van der Waals surface area (Å²) < 4.78 is 5.98. The molecule has 0 radical (unpaired) electrons. The van der Waals surface area contributed by atoms with Crippen LogP contribution in [-0.4, -0.2) is 35.6 Å². The van der Waals surface area contributed by atoms with Crippen molar-refractivity contribution in [2.45, 2.75) is 124 Å². The fraction of sp³-hybridized carbons (Fsp3) is 0.906. The number of hydrogen-bond acceptors (Lipinski definition) is 4. The molecule has 0 aromatic rings. The molecule has 4 aliphatic carbocycles. The second-order valence-corrected chi connectivity index (χ2v) is 14.0. The average Bonchev–Trinajstić information content (AvgIpc) is 3.24. The summed E-state index contributed by atoms with van der Waals surface area (Å²) in [5.41, 5.74) is 0.744. The van der Waals surface area contributed by atoms with Crippen LogP contribution in [0.5, 0.6) is 0 Å². The Hall–Kier alpha value is -1.59. The maximum Gasteiger partial charge on any atom is 0.308 e. The molecule has 0 heterocycles. The molecule has 4 aliphatic rings. The van der Waals surface area contributed by atoms with E-state index in [0.717, 1.165) is 43.4 Å². The molecule has 0 saturated heterocycles. The molecule has 0 aromatic heterocycles. The lowest BCUT2D eigenvalue weighted by Gasteiger charge is -2.61. The lowest BCUT2D eigenvalue weighted by molar-refractivity contribution is -0.166. The van der Waals surface area contributed by atoms with Crippen LogP contribution in [0, 0.1) is 52.3 Å². The maximum absolute atomic E-state index is 12.4. The summed E-state index contributed by atoms with van der Waals surface area (Å²) in [5, 5.41) is 11.6. The standard InChI is InChI=1S/C32H53NO5/c1-6-20(2)30(37)38-23-13-16-31(4)22(19-23)8-9-24-26-11-10-25(32(26,5)17-14-27(24)31)21(3)7-12-28(34)33-18-15-29(35)36/h20-27H,6-19H2,1-5H3,(H,33,34)(H,35,36)/t20?,21?,22?,23?,24?,25?,26?,27?,31-,32+/m0/s1. The van der Waals surface area contributed by atoms with E-state index in [1.807, 2.05) is 6.92 Å². The first kappa shape index (κ1) is 29.4. The lowest BCUT2D eigenvalue weighted by Crippen LogP contribution is -2.54. The normalized spacial score (nSPS) is 39.7. The van der Waals surface area contributed by atoms with E-state index < -0.39 is 5.97 Å². The highest BCUT2D eigenvalue weighted by Crippen LogP contribution is 2.68. The summed E-state index contributed by atoms with van der Waals surface area (Å²) in [6.07, 6.45) is 13.4. The minimum absolute atomic E-state index is 0.000843. The van der Waals surface area contributed by atoms with Crippen LogP contribution in [0.3, 0.4) is 0 Å². The first-order chi connectivity index (χ1) is 18.0. The molecule has 0 aliphatic heterocycles. The van der Waals surface area contributed by atoms with Gasteiger partial charge in [0.2, 0.25) is 5.91 Å². The summed E-state index contributed by atoms with van der Waals surface area (Å²) >= 11 is 0. The van der Waals surface area contributed by atoms with Crippen molar-refractivity contribution >= 4 is 17.8 Å². The molecule has 6 nitrogen and oxygen atoms in total. The van der Waals surface area contributed by atoms with Gasteiger partial charge in [0.05, 0.1) is 12.3 Å². The number of hydrogen-bond donors (Lipinski definition) is 2. The topological polar surface area (TPSA) is 92.7 Å². The molecule has 4 saturated carbocycles. The monoisotopic (exact) mass is 531 g/mol. The van der Waals surface area contributed by atoms with E-state index >= 15 is 0 Å². The fourth-order valence-corrected chi connectivity index (χ4v) is 9.71. The Bertz CT molecular complexity index is 874. The fourth-order valence-electron chi connectivity index (χ4n) is 9.71. The minimum atomic E-state index is -0.875. The van der Waals surface area contributed by atoms with Crippen molar-refractivity contribution in [1.82, 2.24) is 5.32 Å². The Labute approximate surface area is 230 Å². The van der Waals surface area contributed by atoms with Crippen LogP contribution in [0.15, 0.2) is 0 Å². The molecule has 8 unspecified atom stereocenters. The third kappa shape index (κ3) is 5.80. The quantitative estimate of drug-likeness (QED) is 0.309. The molecule has 4 rings (SSSR count). The Kier molecular flexibility index (Phi) is 9.19. The maximum atomic E-state index is 12.4. The number of aliphatic carboxylic acids is 1.